The van der Waals surface area contributed by atoms with Crippen LogP contribution in [0.5, 0.6) is 0 Å². The molecule has 0 amide bonds. The molecule has 0 radical (unpaired) electrons. The number of aliphatic hydroxyl groups is 1. The lowest BCUT2D eigenvalue weighted by atomic mass is 10.2. The fourth-order valence-corrected chi connectivity index (χ4v) is 0.375. The molecule has 1 unspecified atom stereocenters. The molecule has 0 aliphatic rings. The predicted molar refractivity (Wildman–Crippen MR) is 31.2 cm³/mol. The zero-order valence-electron chi connectivity index (χ0n) is 4.97. The molecule has 0 fully saturated rings. The maximum Gasteiger partial charge on any atom is 0.0828 e. The molecule has 1 atom stereocenters. The molecule has 0 aromatic rings. The Balaban J connectivity index is 3.10. The third kappa shape index (κ3) is 3.81. The van der Waals surface area contributed by atoms with Crippen molar-refractivity contribution in [2.24, 2.45) is 0 Å². The van der Waals surface area contributed by atoms with Crippen LogP contribution in [0, 0.1) is 0 Å². The maximum atomic E-state index is 11.2. The molecule has 0 aromatic carbocycles. The number of aliphatic hydroxyl groups excluding tert-OH is 1. The van der Waals surface area contributed by atoms with E-state index < -0.39 is 0 Å². The second kappa shape index (κ2) is 4.78. The molecule has 0 aliphatic carbocycles. The average Bonchev–Trinajstić information content (AvgIpc) is 1.83. The largest absolute Gasteiger partial charge is 0.393 e. The molecule has 0 heterocycles. The summed E-state index contributed by atoms with van der Waals surface area (Å²) in [5.41, 5.74) is 0. The Labute approximate surface area is 48.8 Å². The molecule has 2 heteroatoms. The van der Waals surface area contributed by atoms with Crippen LogP contribution in [0.1, 0.15) is 19.8 Å². The highest BCUT2D eigenvalue weighted by molar-refractivity contribution is 4.75. The van der Waals surface area contributed by atoms with Gasteiger partial charge in [-0.3, -0.25) is 0 Å². The summed E-state index contributed by atoms with van der Waals surface area (Å²) in [4.78, 5) is 0. The summed E-state index contributed by atoms with van der Waals surface area (Å²) in [6.07, 6.45) is 2.51. The van der Waals surface area contributed by atoms with Crippen LogP contribution in [-0.2, 0) is 0 Å². The zero-order chi connectivity index (χ0) is 6.41. The summed E-state index contributed by atoms with van der Waals surface area (Å²) in [7, 11) is 0. The van der Waals surface area contributed by atoms with Gasteiger partial charge in [0.25, 0.3) is 0 Å². The van der Waals surface area contributed by atoms with E-state index in [1.165, 1.54) is 6.08 Å². The van der Waals surface area contributed by atoms with Crippen molar-refractivity contribution in [1.29, 1.82) is 0 Å². The molecule has 0 aliphatic heterocycles. The van der Waals surface area contributed by atoms with Crippen LogP contribution >= 0.6 is 0 Å². The van der Waals surface area contributed by atoms with Gasteiger partial charge in [-0.2, -0.15) is 0 Å². The third-order valence-corrected chi connectivity index (χ3v) is 0.968. The van der Waals surface area contributed by atoms with E-state index in [0.717, 1.165) is 0 Å². The van der Waals surface area contributed by atoms with Gasteiger partial charge in [0, 0.05) is 0 Å². The summed E-state index contributed by atoms with van der Waals surface area (Å²) in [5.74, 6) is 0. The van der Waals surface area contributed by atoms with Crippen LogP contribution in [-0.4, -0.2) is 11.2 Å². The lowest BCUT2D eigenvalue weighted by molar-refractivity contribution is 0.173. The highest BCUT2D eigenvalue weighted by Gasteiger charge is 1.93. The van der Waals surface area contributed by atoms with Crippen molar-refractivity contribution in [2.75, 3.05) is 0 Å². The average molecular weight is 118 g/mol. The van der Waals surface area contributed by atoms with E-state index in [0.29, 0.717) is 19.2 Å². The molecular formula is C6H11FO. The summed E-state index contributed by atoms with van der Waals surface area (Å²) < 4.78 is 11.2. The molecule has 1 nitrogen and oxygen atoms in total. The van der Waals surface area contributed by atoms with E-state index in [1.807, 2.05) is 6.92 Å². The SMILES string of the molecule is CCC(O)CC=CF. The molecule has 48 valence electrons. The Hall–Kier alpha value is -0.370. The second-order valence-corrected chi connectivity index (χ2v) is 1.66. The van der Waals surface area contributed by atoms with Gasteiger partial charge in [-0.05, 0) is 12.8 Å². The monoisotopic (exact) mass is 118 g/mol. The molecular weight excluding hydrogens is 107 g/mol. The third-order valence-electron chi connectivity index (χ3n) is 0.968. The van der Waals surface area contributed by atoms with E-state index in [2.05, 4.69) is 0 Å². The Morgan fingerprint density at radius 1 is 1.75 bits per heavy atom. The molecule has 1 N–H and O–H groups in total. The predicted octanol–water partition coefficient (Wildman–Crippen LogP) is 1.63. The van der Waals surface area contributed by atoms with Crippen molar-refractivity contribution >= 4 is 0 Å². The van der Waals surface area contributed by atoms with Crippen molar-refractivity contribution in [3.63, 3.8) is 0 Å². The van der Waals surface area contributed by atoms with Crippen LogP contribution in [0.3, 0.4) is 0 Å². The summed E-state index contributed by atoms with van der Waals surface area (Å²) >= 11 is 0. The normalized spacial score (nSPS) is 14.9. The first-order chi connectivity index (χ1) is 3.81. The molecule has 0 rings (SSSR count). The highest BCUT2D eigenvalue weighted by atomic mass is 19.1. The number of rotatable bonds is 3. The molecule has 0 spiro atoms. The van der Waals surface area contributed by atoms with Crippen molar-refractivity contribution in [1.82, 2.24) is 0 Å². The molecule has 0 bridgehead atoms. The first-order valence-corrected chi connectivity index (χ1v) is 2.74. The van der Waals surface area contributed by atoms with E-state index in [9.17, 15) is 4.39 Å². The maximum absolute atomic E-state index is 11.2. The Morgan fingerprint density at radius 3 is 2.75 bits per heavy atom. The number of halogens is 1. The minimum atomic E-state index is -0.373. The van der Waals surface area contributed by atoms with E-state index in [4.69, 9.17) is 5.11 Å². The fraction of sp³-hybridized carbons (Fsp3) is 0.667. The Morgan fingerprint density at radius 2 is 2.38 bits per heavy atom. The van der Waals surface area contributed by atoms with Gasteiger partial charge in [-0.15, -0.1) is 0 Å². The molecule has 0 aromatic heterocycles. The summed E-state index contributed by atoms with van der Waals surface area (Å²) in [6, 6.07) is 0. The van der Waals surface area contributed by atoms with Gasteiger partial charge in [-0.25, -0.2) is 4.39 Å². The highest BCUT2D eigenvalue weighted by Crippen LogP contribution is 1.96. The van der Waals surface area contributed by atoms with Gasteiger partial charge >= 0.3 is 0 Å². The van der Waals surface area contributed by atoms with Crippen molar-refractivity contribution in [3.05, 3.63) is 12.4 Å². The van der Waals surface area contributed by atoms with Crippen LogP contribution in [0.4, 0.5) is 4.39 Å². The van der Waals surface area contributed by atoms with E-state index in [1.54, 1.807) is 0 Å². The Bertz CT molecular complexity index is 70.9. The summed E-state index contributed by atoms with van der Waals surface area (Å²) in [5, 5.41) is 8.77. The first kappa shape index (κ1) is 7.63. The lowest BCUT2D eigenvalue weighted by Crippen LogP contribution is -2.00. The van der Waals surface area contributed by atoms with Gasteiger partial charge in [0.2, 0.25) is 0 Å². The van der Waals surface area contributed by atoms with E-state index >= 15 is 0 Å². The second-order valence-electron chi connectivity index (χ2n) is 1.66. The lowest BCUT2D eigenvalue weighted by Gasteiger charge is -1.99. The first-order valence-electron chi connectivity index (χ1n) is 2.74. The number of hydrogen-bond donors (Lipinski definition) is 1. The minimum absolute atomic E-state index is 0.373. The molecule has 0 saturated carbocycles. The minimum Gasteiger partial charge on any atom is -0.393 e. The van der Waals surface area contributed by atoms with Gasteiger partial charge in [0.1, 0.15) is 0 Å². The summed E-state index contributed by atoms with van der Waals surface area (Å²) in [6.45, 7) is 1.86. The van der Waals surface area contributed by atoms with Crippen LogP contribution < -0.4 is 0 Å². The van der Waals surface area contributed by atoms with Gasteiger partial charge in [0.05, 0.1) is 12.4 Å². The molecule has 0 saturated heterocycles. The van der Waals surface area contributed by atoms with Crippen molar-refractivity contribution in [2.45, 2.75) is 25.9 Å². The van der Waals surface area contributed by atoms with Crippen LogP contribution in [0.25, 0.3) is 0 Å². The Kier molecular flexibility index (Phi) is 4.56. The van der Waals surface area contributed by atoms with Gasteiger partial charge in [-0.1, -0.05) is 13.0 Å². The zero-order valence-corrected chi connectivity index (χ0v) is 4.97. The quantitative estimate of drug-likeness (QED) is 0.597. The van der Waals surface area contributed by atoms with Crippen molar-refractivity contribution in [3.8, 4) is 0 Å². The fourth-order valence-electron chi connectivity index (χ4n) is 0.375. The molecule has 8 heavy (non-hydrogen) atoms. The smallest absolute Gasteiger partial charge is 0.0828 e. The van der Waals surface area contributed by atoms with Gasteiger partial charge < -0.3 is 5.11 Å². The van der Waals surface area contributed by atoms with Crippen LogP contribution in [0.15, 0.2) is 12.4 Å². The number of hydrogen-bond acceptors (Lipinski definition) is 1. The van der Waals surface area contributed by atoms with Gasteiger partial charge in [0.15, 0.2) is 0 Å². The van der Waals surface area contributed by atoms with Crippen LogP contribution in [0.2, 0.25) is 0 Å². The standard InChI is InChI=1S/C6H11FO/c1-2-6(8)4-3-5-7/h3,5-6,8H,2,4H2,1H3. The van der Waals surface area contributed by atoms with E-state index in [-0.39, 0.29) is 6.10 Å². The van der Waals surface area contributed by atoms with Crippen molar-refractivity contribution < 1.29 is 9.50 Å². The topological polar surface area (TPSA) is 20.2 Å².